The quantitative estimate of drug-likeness (QED) is 0.171. The smallest absolute Gasteiger partial charge is 0.172 e. The Balaban J connectivity index is 1.11. The van der Waals surface area contributed by atoms with Crippen LogP contribution in [-0.4, -0.2) is 0 Å². The van der Waals surface area contributed by atoms with E-state index in [9.17, 15) is 0 Å². The van der Waals surface area contributed by atoms with Crippen LogP contribution in [0.1, 0.15) is 16.7 Å². The molecule has 4 heteroatoms. The number of benzene rings is 8. The van der Waals surface area contributed by atoms with Crippen molar-refractivity contribution in [2.45, 2.75) is 0 Å². The summed E-state index contributed by atoms with van der Waals surface area (Å²) >= 11 is 1.85. The highest BCUT2D eigenvalue weighted by molar-refractivity contribution is 7.88. The van der Waals surface area contributed by atoms with Gasteiger partial charge in [0.05, 0.1) is 11.4 Å². The molecule has 1 aromatic heterocycles. The molecule has 0 saturated carbocycles. The third kappa shape index (κ3) is 4.21. The molecule has 0 aliphatic carbocycles. The number of nitrogens with zero attached hydrogens (tertiary/aromatic N) is 1. The summed E-state index contributed by atoms with van der Waals surface area (Å²) in [5, 5.41) is 7.54. The second-order valence-corrected chi connectivity index (χ2v) is 17.4. The Morgan fingerprint density at radius 3 is 1.94 bits per heavy atom. The van der Waals surface area contributed by atoms with Gasteiger partial charge in [0.1, 0.15) is 0 Å². The van der Waals surface area contributed by atoms with E-state index in [4.69, 9.17) is 0 Å². The van der Waals surface area contributed by atoms with Crippen LogP contribution in [0.3, 0.4) is 0 Å². The van der Waals surface area contributed by atoms with E-state index >= 15 is 4.57 Å². The number of rotatable bonds is 3. The zero-order valence-corrected chi connectivity index (χ0v) is 29.7. The third-order valence-electron chi connectivity index (χ3n) is 10.8. The minimum atomic E-state index is -3.31. The van der Waals surface area contributed by atoms with Crippen molar-refractivity contribution in [2.24, 2.45) is 0 Å². The van der Waals surface area contributed by atoms with Crippen LogP contribution in [0.4, 0.5) is 17.1 Å². The van der Waals surface area contributed by atoms with Crippen molar-refractivity contribution in [1.82, 2.24) is 0 Å². The van der Waals surface area contributed by atoms with Gasteiger partial charge >= 0.3 is 0 Å². The average molecular weight is 700 g/mol. The second kappa shape index (κ2) is 11.3. The molecule has 2 aliphatic rings. The van der Waals surface area contributed by atoms with Crippen molar-refractivity contribution < 1.29 is 4.57 Å². The monoisotopic (exact) mass is 699 g/mol. The van der Waals surface area contributed by atoms with Gasteiger partial charge in [-0.15, -0.1) is 11.3 Å². The van der Waals surface area contributed by atoms with Gasteiger partial charge in [-0.25, -0.2) is 0 Å². The largest absolute Gasteiger partial charge is 0.309 e. The highest BCUT2D eigenvalue weighted by atomic mass is 32.1. The summed E-state index contributed by atoms with van der Waals surface area (Å²) in [5.74, 6) is 0. The van der Waals surface area contributed by atoms with E-state index in [0.717, 1.165) is 66.0 Å². The average Bonchev–Trinajstić information content (AvgIpc) is 3.66. The van der Waals surface area contributed by atoms with Crippen LogP contribution >= 0.6 is 18.5 Å². The van der Waals surface area contributed by atoms with E-state index in [1.807, 2.05) is 17.4 Å². The van der Waals surface area contributed by atoms with Crippen molar-refractivity contribution in [3.8, 4) is 11.1 Å². The molecule has 0 N–H and O–H groups in total. The molecule has 244 valence electrons. The first kappa shape index (κ1) is 29.7. The molecule has 1 unspecified atom stereocenters. The zero-order valence-electron chi connectivity index (χ0n) is 28.0. The standard InChI is InChI=1S/C48H30NOPS/c50-51(36-27-23-31-11-1-2-12-33(31)29-36)44-19-9-5-16-40(44)47-38-14-3-7-17-42(38)49(43-18-8-4-15-39(43)48(47)51)35-25-21-32(22-26-35)34-24-28-46-41(30-34)37-13-6-10-20-45(37)52-46/h1-30H. The number of hydrogen-bond acceptors (Lipinski definition) is 3. The molecule has 11 rings (SSSR count). The van der Waals surface area contributed by atoms with Gasteiger partial charge in [-0.2, -0.15) is 0 Å². The summed E-state index contributed by atoms with van der Waals surface area (Å²) in [5.41, 5.74) is 9.71. The maximum atomic E-state index is 16.3. The number of para-hydroxylation sites is 2. The Morgan fingerprint density at radius 2 is 1.10 bits per heavy atom. The van der Waals surface area contributed by atoms with Crippen molar-refractivity contribution in [3.63, 3.8) is 0 Å². The maximum absolute atomic E-state index is 16.3. The predicted molar refractivity (Wildman–Crippen MR) is 223 cm³/mol. The Bertz CT molecular complexity index is 3010. The maximum Gasteiger partial charge on any atom is 0.172 e. The molecule has 0 spiro atoms. The molecule has 0 saturated heterocycles. The lowest BCUT2D eigenvalue weighted by Gasteiger charge is -2.29. The minimum Gasteiger partial charge on any atom is -0.309 e. The first-order valence-corrected chi connectivity index (χ1v) is 20.1. The summed E-state index contributed by atoms with van der Waals surface area (Å²) in [6.45, 7) is 0. The molecule has 0 fully saturated rings. The first-order chi connectivity index (χ1) is 25.7. The van der Waals surface area contributed by atoms with Gasteiger partial charge in [0.25, 0.3) is 0 Å². The highest BCUT2D eigenvalue weighted by Gasteiger charge is 2.46. The highest BCUT2D eigenvalue weighted by Crippen LogP contribution is 2.68. The lowest BCUT2D eigenvalue weighted by molar-refractivity contribution is 0.593. The molecular weight excluding hydrogens is 670 g/mol. The summed E-state index contributed by atoms with van der Waals surface area (Å²) in [7, 11) is -3.31. The van der Waals surface area contributed by atoms with Crippen molar-refractivity contribution in [1.29, 1.82) is 0 Å². The lowest BCUT2D eigenvalue weighted by atomic mass is 9.95. The van der Waals surface area contributed by atoms with E-state index in [2.05, 4.69) is 181 Å². The van der Waals surface area contributed by atoms with Crippen LogP contribution in [0.15, 0.2) is 182 Å². The van der Waals surface area contributed by atoms with Gasteiger partial charge in [0.15, 0.2) is 7.14 Å². The summed E-state index contributed by atoms with van der Waals surface area (Å²) in [6.07, 6.45) is 0. The van der Waals surface area contributed by atoms with Crippen molar-refractivity contribution in [2.75, 3.05) is 4.90 Å². The summed E-state index contributed by atoms with van der Waals surface area (Å²) in [4.78, 5) is 2.36. The fourth-order valence-electron chi connectivity index (χ4n) is 8.45. The Morgan fingerprint density at radius 1 is 0.462 bits per heavy atom. The topological polar surface area (TPSA) is 20.3 Å². The van der Waals surface area contributed by atoms with E-state index in [-0.39, 0.29) is 0 Å². The summed E-state index contributed by atoms with van der Waals surface area (Å²) in [6, 6.07) is 64.6. The molecule has 1 atom stereocenters. The number of hydrogen-bond donors (Lipinski definition) is 0. The van der Waals surface area contributed by atoms with Gasteiger partial charge < -0.3 is 9.46 Å². The Labute approximate surface area is 305 Å². The Kier molecular flexibility index (Phi) is 6.43. The molecule has 2 nitrogen and oxygen atoms in total. The molecule has 3 heterocycles. The molecule has 0 radical (unpaired) electrons. The number of thiophene rings is 1. The fourth-order valence-corrected chi connectivity index (χ4v) is 12.8. The zero-order chi connectivity index (χ0) is 34.4. The first-order valence-electron chi connectivity index (χ1n) is 17.6. The van der Waals surface area contributed by atoms with Gasteiger partial charge in [-0.1, -0.05) is 133 Å². The van der Waals surface area contributed by atoms with Gasteiger partial charge in [0, 0.05) is 58.5 Å². The third-order valence-corrected chi connectivity index (χ3v) is 15.1. The van der Waals surface area contributed by atoms with Crippen molar-refractivity contribution in [3.05, 3.63) is 199 Å². The normalized spacial score (nSPS) is 16.1. The molecule has 8 aromatic carbocycles. The van der Waals surface area contributed by atoms with Crippen LogP contribution in [-0.2, 0) is 4.57 Å². The molecular formula is C48H30NOPS. The van der Waals surface area contributed by atoms with Crippen LogP contribution in [0.25, 0.3) is 53.0 Å². The SMILES string of the molecule is O=P1(c2ccc3ccccc3c2)C2=C(c3ccccc3N(c3ccc(-c4ccc5sc6ccccc6c5c4)cc3)c3ccccc32)c2ccccc21. The number of anilines is 3. The van der Waals surface area contributed by atoms with E-state index in [1.54, 1.807) is 0 Å². The van der Waals surface area contributed by atoms with Gasteiger partial charge in [-0.05, 0) is 76.0 Å². The fraction of sp³-hybridized carbons (Fsp3) is 0. The number of fused-ring (bicyclic) bond motifs is 10. The van der Waals surface area contributed by atoms with E-state index < -0.39 is 7.14 Å². The van der Waals surface area contributed by atoms with E-state index in [0.29, 0.717) is 0 Å². The van der Waals surface area contributed by atoms with Crippen molar-refractivity contribution >= 4 is 88.0 Å². The van der Waals surface area contributed by atoms with Gasteiger partial charge in [0.2, 0.25) is 0 Å². The minimum absolute atomic E-state index is 0.865. The van der Waals surface area contributed by atoms with Crippen LogP contribution in [0, 0.1) is 0 Å². The van der Waals surface area contributed by atoms with Crippen LogP contribution in [0.5, 0.6) is 0 Å². The molecule has 2 aliphatic heterocycles. The Hall–Kier alpha value is -5.99. The van der Waals surface area contributed by atoms with Crippen LogP contribution in [0.2, 0.25) is 0 Å². The molecule has 0 amide bonds. The molecule has 9 aromatic rings. The van der Waals surface area contributed by atoms with E-state index in [1.165, 1.54) is 31.3 Å². The summed E-state index contributed by atoms with van der Waals surface area (Å²) < 4.78 is 18.9. The van der Waals surface area contributed by atoms with Gasteiger partial charge in [-0.3, -0.25) is 0 Å². The molecule has 52 heavy (non-hydrogen) atoms. The predicted octanol–water partition coefficient (Wildman–Crippen LogP) is 12.9. The van der Waals surface area contributed by atoms with Crippen LogP contribution < -0.4 is 15.5 Å². The lowest BCUT2D eigenvalue weighted by Crippen LogP contribution is -2.17. The molecule has 0 bridgehead atoms. The second-order valence-electron chi connectivity index (χ2n) is 13.6.